The van der Waals surface area contributed by atoms with Crippen molar-refractivity contribution in [3.05, 3.63) is 24.3 Å². The largest absolute Gasteiger partial charge is 0.390 e. The molecule has 2 heteroatoms. The van der Waals surface area contributed by atoms with Crippen molar-refractivity contribution < 1.29 is 10.2 Å². The molecule has 0 saturated heterocycles. The average molecular weight is 431 g/mol. The molecule has 0 aliphatic heterocycles. The Bertz CT molecular complexity index is 645. The number of allylic oxidation sites excluding steroid dienone is 1. The standard InChI is InChI=1S/C29H50O2/c1-7-9-16-28(5,31)20-22-10-11-24-23(19-22)15-18-29(6)25(12-13-26(24)29)21(3)14-17-27(4,30)8-2/h8,10,21,23-26,30-31H,2,7,9,11-20H2,1,3-6H3/t21-,23-,24-,25-,26+,27?,28+,29-/m1/s1. The Morgan fingerprint density at radius 3 is 2.65 bits per heavy atom. The summed E-state index contributed by atoms with van der Waals surface area (Å²) in [5.41, 5.74) is 0.741. The molecule has 2 N–H and O–H groups in total. The zero-order chi connectivity index (χ0) is 22.9. The van der Waals surface area contributed by atoms with Crippen molar-refractivity contribution >= 4 is 0 Å². The van der Waals surface area contributed by atoms with Gasteiger partial charge in [0.25, 0.3) is 0 Å². The minimum atomic E-state index is -0.728. The van der Waals surface area contributed by atoms with Gasteiger partial charge in [-0.3, -0.25) is 0 Å². The van der Waals surface area contributed by atoms with E-state index in [1.807, 2.05) is 13.8 Å². The molecular formula is C29H50O2. The van der Waals surface area contributed by atoms with Crippen LogP contribution in [-0.2, 0) is 0 Å². The second-order valence-electron chi connectivity index (χ2n) is 12.4. The van der Waals surface area contributed by atoms with Gasteiger partial charge in [-0.05, 0) is 113 Å². The number of fused-ring (bicyclic) bond motifs is 3. The first-order chi connectivity index (χ1) is 14.5. The second kappa shape index (κ2) is 9.72. The fourth-order valence-corrected chi connectivity index (χ4v) is 7.78. The van der Waals surface area contributed by atoms with Gasteiger partial charge in [0.15, 0.2) is 0 Å². The number of hydrogen-bond acceptors (Lipinski definition) is 2. The summed E-state index contributed by atoms with van der Waals surface area (Å²) in [7, 11) is 0. The molecule has 1 unspecified atom stereocenters. The number of hydrogen-bond donors (Lipinski definition) is 2. The molecule has 178 valence electrons. The smallest absolute Gasteiger partial charge is 0.0797 e. The maximum absolute atomic E-state index is 10.8. The molecule has 0 radical (unpaired) electrons. The van der Waals surface area contributed by atoms with Crippen LogP contribution < -0.4 is 0 Å². The molecule has 2 nitrogen and oxygen atoms in total. The molecule has 3 aliphatic rings. The minimum absolute atomic E-state index is 0.471. The molecule has 0 amide bonds. The predicted molar refractivity (Wildman–Crippen MR) is 132 cm³/mol. The van der Waals surface area contributed by atoms with E-state index in [-0.39, 0.29) is 0 Å². The lowest BCUT2D eigenvalue weighted by atomic mass is 9.54. The Labute approximate surface area is 192 Å². The lowest BCUT2D eigenvalue weighted by molar-refractivity contribution is -0.0117. The maximum Gasteiger partial charge on any atom is 0.0797 e. The van der Waals surface area contributed by atoms with Crippen molar-refractivity contribution in [1.29, 1.82) is 0 Å². The fraction of sp³-hybridized carbons (Fsp3) is 0.862. The van der Waals surface area contributed by atoms with Crippen LogP contribution in [0.5, 0.6) is 0 Å². The summed E-state index contributed by atoms with van der Waals surface area (Å²) in [5, 5.41) is 21.2. The Balaban J connectivity index is 1.63. The van der Waals surface area contributed by atoms with Crippen LogP contribution in [0.4, 0.5) is 0 Å². The topological polar surface area (TPSA) is 40.5 Å². The van der Waals surface area contributed by atoms with Gasteiger partial charge in [-0.1, -0.05) is 51.3 Å². The van der Waals surface area contributed by atoms with E-state index < -0.39 is 11.2 Å². The van der Waals surface area contributed by atoms with E-state index in [0.29, 0.717) is 11.3 Å². The van der Waals surface area contributed by atoms with Crippen molar-refractivity contribution in [2.75, 3.05) is 0 Å². The van der Waals surface area contributed by atoms with E-state index in [1.165, 1.54) is 44.1 Å². The first-order valence-electron chi connectivity index (χ1n) is 13.3. The molecule has 0 aromatic carbocycles. The van der Waals surface area contributed by atoms with Crippen LogP contribution in [-0.4, -0.2) is 21.4 Å². The molecule has 3 rings (SSSR count). The normalized spacial score (nSPS) is 37.7. The van der Waals surface area contributed by atoms with Crippen LogP contribution in [0.2, 0.25) is 0 Å². The molecule has 31 heavy (non-hydrogen) atoms. The van der Waals surface area contributed by atoms with Crippen LogP contribution in [0.15, 0.2) is 24.3 Å². The summed E-state index contributed by atoms with van der Waals surface area (Å²) in [4.78, 5) is 0. The molecule has 0 aromatic heterocycles. The van der Waals surface area contributed by atoms with E-state index in [0.717, 1.165) is 62.2 Å². The Morgan fingerprint density at radius 1 is 1.23 bits per heavy atom. The summed E-state index contributed by atoms with van der Waals surface area (Å²) in [6.07, 6.45) is 18.2. The third-order valence-electron chi connectivity index (χ3n) is 9.77. The van der Waals surface area contributed by atoms with Crippen LogP contribution in [0.1, 0.15) is 112 Å². The second-order valence-corrected chi connectivity index (χ2v) is 12.4. The lowest BCUT2D eigenvalue weighted by Crippen LogP contribution is -2.44. The number of rotatable bonds is 10. The van der Waals surface area contributed by atoms with Gasteiger partial charge in [-0.25, -0.2) is 0 Å². The molecule has 2 saturated carbocycles. The number of aliphatic hydroxyl groups is 2. The molecular weight excluding hydrogens is 380 g/mol. The van der Waals surface area contributed by atoms with Gasteiger partial charge in [0.05, 0.1) is 11.2 Å². The highest BCUT2D eigenvalue weighted by Crippen LogP contribution is 2.63. The predicted octanol–water partition coefficient (Wildman–Crippen LogP) is 7.45. The van der Waals surface area contributed by atoms with E-state index in [1.54, 1.807) is 6.08 Å². The van der Waals surface area contributed by atoms with Crippen molar-refractivity contribution in [2.24, 2.45) is 35.0 Å². The SMILES string of the molecule is C=CC(C)(O)CC[C@@H](C)[C@H]1CC[C@H]2[C@@H]3CC=C(C[C@@](C)(O)CCCC)C[C@H]3CC[C@]12C. The van der Waals surface area contributed by atoms with Crippen molar-refractivity contribution in [2.45, 2.75) is 123 Å². The van der Waals surface area contributed by atoms with E-state index in [4.69, 9.17) is 0 Å². The zero-order valence-electron chi connectivity index (χ0n) is 21.1. The summed E-state index contributed by atoms with van der Waals surface area (Å²) in [6, 6.07) is 0. The summed E-state index contributed by atoms with van der Waals surface area (Å²) in [6.45, 7) is 15.0. The molecule has 2 fully saturated rings. The quantitative estimate of drug-likeness (QED) is 0.353. The highest BCUT2D eigenvalue weighted by molar-refractivity contribution is 5.16. The molecule has 3 aliphatic carbocycles. The Hall–Kier alpha value is -0.600. The number of unbranched alkanes of at least 4 members (excludes halogenated alkanes) is 1. The molecule has 0 spiro atoms. The van der Waals surface area contributed by atoms with Gasteiger partial charge >= 0.3 is 0 Å². The van der Waals surface area contributed by atoms with Gasteiger partial charge < -0.3 is 10.2 Å². The van der Waals surface area contributed by atoms with E-state index >= 15 is 0 Å². The highest BCUT2D eigenvalue weighted by Gasteiger charge is 2.54. The van der Waals surface area contributed by atoms with Gasteiger partial charge in [0, 0.05) is 0 Å². The van der Waals surface area contributed by atoms with Gasteiger partial charge in [0.1, 0.15) is 0 Å². The van der Waals surface area contributed by atoms with Gasteiger partial charge in [-0.2, -0.15) is 0 Å². The zero-order valence-corrected chi connectivity index (χ0v) is 21.1. The van der Waals surface area contributed by atoms with E-state index in [9.17, 15) is 10.2 Å². The van der Waals surface area contributed by atoms with Crippen LogP contribution in [0, 0.1) is 35.0 Å². The average Bonchev–Trinajstić information content (AvgIpc) is 3.08. The maximum atomic E-state index is 10.8. The summed E-state index contributed by atoms with van der Waals surface area (Å²) < 4.78 is 0. The van der Waals surface area contributed by atoms with Crippen LogP contribution in [0.3, 0.4) is 0 Å². The molecule has 0 bridgehead atoms. The van der Waals surface area contributed by atoms with Crippen LogP contribution in [0.25, 0.3) is 0 Å². The highest BCUT2D eigenvalue weighted by atomic mass is 16.3. The monoisotopic (exact) mass is 430 g/mol. The van der Waals surface area contributed by atoms with Crippen molar-refractivity contribution in [3.8, 4) is 0 Å². The third kappa shape index (κ3) is 5.67. The Morgan fingerprint density at radius 2 is 1.97 bits per heavy atom. The summed E-state index contributed by atoms with van der Waals surface area (Å²) >= 11 is 0. The Kier molecular flexibility index (Phi) is 7.85. The third-order valence-corrected chi connectivity index (χ3v) is 9.77. The van der Waals surface area contributed by atoms with E-state index in [2.05, 4.69) is 33.4 Å². The minimum Gasteiger partial charge on any atom is -0.390 e. The van der Waals surface area contributed by atoms with Gasteiger partial charge in [-0.15, -0.1) is 6.58 Å². The van der Waals surface area contributed by atoms with Crippen molar-refractivity contribution in [3.63, 3.8) is 0 Å². The van der Waals surface area contributed by atoms with Gasteiger partial charge in [0.2, 0.25) is 0 Å². The molecule has 0 aromatic rings. The van der Waals surface area contributed by atoms with Crippen molar-refractivity contribution in [1.82, 2.24) is 0 Å². The molecule has 8 atom stereocenters. The summed E-state index contributed by atoms with van der Waals surface area (Å²) in [5.74, 6) is 3.99. The van der Waals surface area contributed by atoms with Crippen LogP contribution >= 0.6 is 0 Å². The molecule has 0 heterocycles. The first-order valence-corrected chi connectivity index (χ1v) is 13.3. The lowest BCUT2D eigenvalue weighted by Gasteiger charge is -2.51. The first kappa shape index (κ1) is 25.0. The fourth-order valence-electron chi connectivity index (χ4n) is 7.78.